The first-order valence-electron chi connectivity index (χ1n) is 23.5. The van der Waals surface area contributed by atoms with Crippen molar-refractivity contribution in [2.75, 3.05) is 4.90 Å². The Morgan fingerprint density at radius 3 is 1.75 bits per heavy atom. The Morgan fingerprint density at radius 1 is 0.441 bits per heavy atom. The normalized spacial score (nSPS) is 14.9. The zero-order valence-electron chi connectivity index (χ0n) is 37.7. The Labute approximate surface area is 395 Å². The quantitative estimate of drug-likeness (QED) is 0.152. The molecular weight excluding hydrogens is 825 g/mol. The predicted molar refractivity (Wildman–Crippen MR) is 287 cm³/mol. The third kappa shape index (κ3) is 6.58. The second-order valence-electron chi connectivity index (χ2n) is 18.3. The number of furan rings is 1. The second-order valence-corrected chi connectivity index (χ2v) is 18.3. The number of hydrogen-bond acceptors (Lipinski definition) is 2. The Bertz CT molecular complexity index is 3890. The van der Waals surface area contributed by atoms with Crippen LogP contribution in [0.25, 0.3) is 93.6 Å². The van der Waals surface area contributed by atoms with Gasteiger partial charge >= 0.3 is 0 Å². The van der Waals surface area contributed by atoms with E-state index in [1.807, 2.05) is 12.1 Å². The fraction of sp³-hybridized carbons (Fsp3) is 0.0462. The highest BCUT2D eigenvalue weighted by molar-refractivity contribution is 6.11. The molecule has 1 aliphatic carbocycles. The van der Waals surface area contributed by atoms with Crippen molar-refractivity contribution in [3.63, 3.8) is 0 Å². The van der Waals surface area contributed by atoms with Gasteiger partial charge in [0.05, 0.1) is 11.0 Å². The molecule has 0 aliphatic heterocycles. The van der Waals surface area contributed by atoms with Crippen LogP contribution in [0.1, 0.15) is 18.9 Å². The molecule has 12 aromatic rings. The number of nitrogens with zero attached hydrogens (tertiary/aromatic N) is 2. The van der Waals surface area contributed by atoms with E-state index in [4.69, 9.17) is 4.42 Å². The molecule has 0 amide bonds. The molecule has 0 bridgehead atoms. The fourth-order valence-corrected chi connectivity index (χ4v) is 10.8. The number of allylic oxidation sites excluding steroid dienone is 4. The second kappa shape index (κ2) is 16.0. The molecular formula is C65H46N2O. The largest absolute Gasteiger partial charge is 0.455 e. The number of benzene rings is 10. The number of anilines is 3. The number of rotatable bonds is 8. The molecule has 3 heteroatoms. The molecule has 1 aliphatic rings. The van der Waals surface area contributed by atoms with E-state index in [2.05, 4.69) is 253 Å². The first-order valence-corrected chi connectivity index (χ1v) is 23.5. The standard InChI is InChI=1S/C65H46N2O/c1-65(41-11-10-26-63(65)67-60-23-7-4-18-56(60)57-19-5-8-24-61(57)67)51-35-29-45(30-36-51)46-31-37-52(38-32-46)66(54-17-12-16-49(43-54)50-28-27-44-14-2-3-15-48(44)42-50)53-39-33-47(34-40-53)55-21-13-22-59-58-20-6-9-25-62(58)68-64(55)59/h2-40,42-43H,41H2,1H3. The van der Waals surface area contributed by atoms with Crippen LogP contribution >= 0.6 is 0 Å². The van der Waals surface area contributed by atoms with Crippen molar-refractivity contribution in [1.29, 1.82) is 0 Å². The van der Waals surface area contributed by atoms with Gasteiger partial charge in [0.1, 0.15) is 11.2 Å². The Balaban J connectivity index is 0.855. The van der Waals surface area contributed by atoms with Crippen molar-refractivity contribution in [2.24, 2.45) is 0 Å². The number of para-hydroxylation sites is 4. The van der Waals surface area contributed by atoms with Crippen molar-refractivity contribution >= 4 is 77.3 Å². The van der Waals surface area contributed by atoms with E-state index in [1.54, 1.807) is 0 Å². The molecule has 10 aromatic carbocycles. The highest BCUT2D eigenvalue weighted by atomic mass is 16.3. The summed E-state index contributed by atoms with van der Waals surface area (Å²) in [5.41, 5.74) is 16.8. The minimum absolute atomic E-state index is 0.224. The minimum Gasteiger partial charge on any atom is -0.455 e. The highest BCUT2D eigenvalue weighted by Gasteiger charge is 2.34. The van der Waals surface area contributed by atoms with E-state index in [1.165, 1.54) is 66.1 Å². The van der Waals surface area contributed by atoms with Gasteiger partial charge in [0.25, 0.3) is 0 Å². The predicted octanol–water partition coefficient (Wildman–Crippen LogP) is 18.1. The van der Waals surface area contributed by atoms with Crippen LogP contribution in [0.3, 0.4) is 0 Å². The first kappa shape index (κ1) is 39.7. The van der Waals surface area contributed by atoms with Gasteiger partial charge in [-0.05, 0) is 124 Å². The van der Waals surface area contributed by atoms with Gasteiger partial charge in [-0.2, -0.15) is 0 Å². The Kier molecular flexibility index (Phi) is 9.36. The molecule has 0 spiro atoms. The van der Waals surface area contributed by atoms with Gasteiger partial charge in [0, 0.05) is 55.3 Å². The summed E-state index contributed by atoms with van der Waals surface area (Å²) in [6.07, 6.45) is 7.76. The summed E-state index contributed by atoms with van der Waals surface area (Å²) < 4.78 is 8.94. The van der Waals surface area contributed by atoms with Crippen LogP contribution in [0, 0.1) is 0 Å². The van der Waals surface area contributed by atoms with E-state index in [-0.39, 0.29) is 5.41 Å². The summed E-state index contributed by atoms with van der Waals surface area (Å²) in [5.74, 6) is 0. The van der Waals surface area contributed by atoms with E-state index in [9.17, 15) is 0 Å². The first-order chi connectivity index (χ1) is 33.6. The summed E-state index contributed by atoms with van der Waals surface area (Å²) in [5, 5.41) is 7.30. The van der Waals surface area contributed by atoms with Crippen LogP contribution in [0.2, 0.25) is 0 Å². The van der Waals surface area contributed by atoms with Crippen molar-refractivity contribution < 1.29 is 4.42 Å². The zero-order valence-corrected chi connectivity index (χ0v) is 37.7. The minimum atomic E-state index is -0.224. The topological polar surface area (TPSA) is 21.3 Å². The Morgan fingerprint density at radius 2 is 1.01 bits per heavy atom. The van der Waals surface area contributed by atoms with E-state index >= 15 is 0 Å². The third-order valence-corrected chi connectivity index (χ3v) is 14.3. The van der Waals surface area contributed by atoms with Crippen LogP contribution in [0.5, 0.6) is 0 Å². The molecule has 1 unspecified atom stereocenters. The van der Waals surface area contributed by atoms with Crippen LogP contribution < -0.4 is 4.90 Å². The SMILES string of the molecule is CC1(c2ccc(-c3ccc(N(c4ccc(-c5cccc6c5oc5ccccc56)cc4)c4cccc(-c5ccc6ccccc6c5)c4)cc3)cc2)CC=CC=C1n1c2ccccc2c2ccccc21. The van der Waals surface area contributed by atoms with Crippen molar-refractivity contribution in [2.45, 2.75) is 18.8 Å². The maximum absolute atomic E-state index is 6.46. The molecule has 0 radical (unpaired) electrons. The van der Waals surface area contributed by atoms with Gasteiger partial charge in [-0.3, -0.25) is 0 Å². The van der Waals surface area contributed by atoms with Crippen molar-refractivity contribution in [3.05, 3.63) is 254 Å². The number of fused-ring (bicyclic) bond motifs is 7. The van der Waals surface area contributed by atoms with Crippen LogP contribution in [-0.4, -0.2) is 4.57 Å². The summed E-state index contributed by atoms with van der Waals surface area (Å²) in [7, 11) is 0. The monoisotopic (exact) mass is 870 g/mol. The lowest BCUT2D eigenvalue weighted by Gasteiger charge is -2.35. The van der Waals surface area contributed by atoms with Gasteiger partial charge in [-0.1, -0.05) is 182 Å². The van der Waals surface area contributed by atoms with E-state index in [0.29, 0.717) is 0 Å². The molecule has 2 aromatic heterocycles. The summed E-state index contributed by atoms with van der Waals surface area (Å²) in [6.45, 7) is 2.39. The average molecular weight is 871 g/mol. The Hall–Kier alpha value is -8.66. The molecule has 2 heterocycles. The summed E-state index contributed by atoms with van der Waals surface area (Å²) in [6, 6.07) is 83.7. The van der Waals surface area contributed by atoms with Gasteiger partial charge in [0.2, 0.25) is 0 Å². The lowest BCUT2D eigenvalue weighted by molar-refractivity contribution is 0.597. The number of hydrogen-bond donors (Lipinski definition) is 0. The zero-order chi connectivity index (χ0) is 45.2. The van der Waals surface area contributed by atoms with E-state index in [0.717, 1.165) is 56.5 Å². The summed E-state index contributed by atoms with van der Waals surface area (Å²) >= 11 is 0. The molecule has 68 heavy (non-hydrogen) atoms. The fourth-order valence-electron chi connectivity index (χ4n) is 10.8. The molecule has 0 saturated heterocycles. The summed E-state index contributed by atoms with van der Waals surface area (Å²) in [4.78, 5) is 2.36. The highest BCUT2D eigenvalue weighted by Crippen LogP contribution is 2.46. The van der Waals surface area contributed by atoms with Crippen molar-refractivity contribution in [3.8, 4) is 33.4 Å². The molecule has 0 saturated carbocycles. The molecule has 13 rings (SSSR count). The average Bonchev–Trinajstić information content (AvgIpc) is 3.95. The van der Waals surface area contributed by atoms with Gasteiger partial charge in [-0.15, -0.1) is 0 Å². The molecule has 0 N–H and O–H groups in total. The van der Waals surface area contributed by atoms with E-state index < -0.39 is 0 Å². The van der Waals surface area contributed by atoms with Gasteiger partial charge in [-0.25, -0.2) is 0 Å². The molecule has 322 valence electrons. The third-order valence-electron chi connectivity index (χ3n) is 14.3. The van der Waals surface area contributed by atoms with Crippen LogP contribution in [0.4, 0.5) is 17.1 Å². The maximum atomic E-state index is 6.46. The van der Waals surface area contributed by atoms with Crippen molar-refractivity contribution in [1.82, 2.24) is 4.57 Å². The van der Waals surface area contributed by atoms with Crippen LogP contribution in [0.15, 0.2) is 253 Å². The lowest BCUT2D eigenvalue weighted by Crippen LogP contribution is -2.28. The molecule has 0 fully saturated rings. The number of aromatic nitrogens is 1. The molecule has 3 nitrogen and oxygen atoms in total. The smallest absolute Gasteiger partial charge is 0.143 e. The van der Waals surface area contributed by atoms with Gasteiger partial charge in [0.15, 0.2) is 0 Å². The lowest BCUT2D eigenvalue weighted by atomic mass is 9.74. The van der Waals surface area contributed by atoms with Crippen LogP contribution in [-0.2, 0) is 5.41 Å². The maximum Gasteiger partial charge on any atom is 0.143 e. The molecule has 1 atom stereocenters. The van der Waals surface area contributed by atoms with Gasteiger partial charge < -0.3 is 13.9 Å².